The minimum atomic E-state index is -0.511. The van der Waals surface area contributed by atoms with Crippen molar-refractivity contribution in [2.75, 3.05) is 0 Å². The van der Waals surface area contributed by atoms with E-state index in [1.165, 1.54) is 74.8 Å². The summed E-state index contributed by atoms with van der Waals surface area (Å²) >= 11 is 0. The number of hydrogen-bond donors (Lipinski definition) is 0. The van der Waals surface area contributed by atoms with Crippen LogP contribution in [0, 0.1) is 62.9 Å². The van der Waals surface area contributed by atoms with Gasteiger partial charge in [0.1, 0.15) is 0 Å². The van der Waals surface area contributed by atoms with Gasteiger partial charge in [0, 0.05) is 22.5 Å². The van der Waals surface area contributed by atoms with Gasteiger partial charge in [0.2, 0.25) is 0 Å². The van der Waals surface area contributed by atoms with Gasteiger partial charge in [0.05, 0.1) is 0 Å². The summed E-state index contributed by atoms with van der Waals surface area (Å²) in [6, 6.07) is 22.6. The van der Waals surface area contributed by atoms with Crippen molar-refractivity contribution >= 4 is 43.3 Å². The Kier molecular flexibility index (Phi) is 18.2. The number of benzene rings is 2. The molecule has 0 bridgehead atoms. The molecule has 0 aromatic heterocycles. The molecular weight excluding hydrogens is 572 g/mol. The first kappa shape index (κ1) is 37.1. The van der Waals surface area contributed by atoms with Crippen LogP contribution in [0.5, 0.6) is 0 Å². The van der Waals surface area contributed by atoms with Gasteiger partial charge in [-0.3, -0.25) is 0 Å². The van der Waals surface area contributed by atoms with Crippen molar-refractivity contribution in [3.63, 3.8) is 0 Å². The van der Waals surface area contributed by atoms with Crippen LogP contribution >= 0.6 is 15.8 Å². The second-order valence-corrected chi connectivity index (χ2v) is 16.4. The Bertz CT molecular complexity index is 849. The molecule has 4 aliphatic rings. The molecule has 4 fully saturated rings. The van der Waals surface area contributed by atoms with E-state index in [-0.39, 0.29) is 41.8 Å². The molecule has 1 atom stereocenters. The van der Waals surface area contributed by atoms with E-state index in [1.807, 2.05) is 32.1 Å². The Morgan fingerprint density at radius 2 is 0.976 bits per heavy atom. The maximum atomic E-state index is 2.62. The van der Waals surface area contributed by atoms with Gasteiger partial charge in [-0.25, -0.2) is 0 Å². The Morgan fingerprint density at radius 3 is 1.39 bits per heavy atom. The summed E-state index contributed by atoms with van der Waals surface area (Å²) in [4.78, 5) is 0. The van der Waals surface area contributed by atoms with E-state index >= 15 is 0 Å². The summed E-state index contributed by atoms with van der Waals surface area (Å²) < 4.78 is 0. The third kappa shape index (κ3) is 10.2. The first-order valence-corrected chi connectivity index (χ1v) is 17.8. The molecule has 16 radical (unpaired) electrons. The molecule has 6 rings (SSSR count). The summed E-state index contributed by atoms with van der Waals surface area (Å²) in [5.74, 6) is 1.68. The predicted molar refractivity (Wildman–Crippen MR) is 182 cm³/mol. The first-order chi connectivity index (χ1) is 18.8. The van der Waals surface area contributed by atoms with Crippen molar-refractivity contribution in [3.8, 4) is 0 Å². The largest absolute Gasteiger partial charge is 2.00 e. The molecule has 2 aromatic carbocycles. The van der Waals surface area contributed by atoms with Crippen molar-refractivity contribution in [2.45, 2.75) is 88.1 Å². The van der Waals surface area contributed by atoms with Crippen LogP contribution in [0.15, 0.2) is 60.7 Å². The van der Waals surface area contributed by atoms with Crippen LogP contribution in [0.1, 0.15) is 71.1 Å². The van der Waals surface area contributed by atoms with Crippen molar-refractivity contribution in [3.05, 3.63) is 124 Å². The van der Waals surface area contributed by atoms with E-state index in [9.17, 15) is 0 Å². The predicted octanol–water partition coefficient (Wildman–Crippen LogP) is 8.65. The van der Waals surface area contributed by atoms with Crippen LogP contribution in [-0.2, 0) is 17.1 Å². The fourth-order valence-corrected chi connectivity index (χ4v) is 13.7. The van der Waals surface area contributed by atoms with E-state index in [2.05, 4.69) is 86.8 Å². The third-order valence-corrected chi connectivity index (χ3v) is 15.0. The summed E-state index contributed by atoms with van der Waals surface area (Å²) in [5, 5.41) is 2.97. The normalized spacial score (nSPS) is 21.3. The zero-order chi connectivity index (χ0) is 26.0. The maximum absolute atomic E-state index is 2.62. The SMILES string of the molecule is C[C@H]([C]1[CH][CH][CH][C]1P(c1ccccc1)c1ccccc1)P(C1CCCCC1)C1CCCCC1.[B].[B].[CH]1[CH][CH][CH][CH]1.[Fe+2]. The quantitative estimate of drug-likeness (QED) is 0.216. The van der Waals surface area contributed by atoms with E-state index < -0.39 is 7.92 Å². The van der Waals surface area contributed by atoms with Gasteiger partial charge in [-0.15, -0.1) is 0 Å². The fourth-order valence-electron chi connectivity index (χ4n) is 6.73. The standard InChI is InChI=1S/C31H39P2.C5H5.2B.Fe/c1-25(32(26-15-6-2-7-16-26)27-17-8-3-9-18-27)30-23-14-24-31(30)33(28-19-10-4-11-20-28)29-21-12-5-13-22-29;1-2-4-5-3-1;;;/h4-5,10-14,19-27H,2-3,6-9,15-18H2,1H3;1-5H;;;/q;;;;+2/t25-;;;;/m1..../s1. The summed E-state index contributed by atoms with van der Waals surface area (Å²) in [7, 11) is -0.489. The first-order valence-electron chi connectivity index (χ1n) is 14.9. The van der Waals surface area contributed by atoms with Gasteiger partial charge in [0.25, 0.3) is 0 Å². The van der Waals surface area contributed by atoms with Crippen molar-refractivity contribution in [1.82, 2.24) is 0 Å². The molecule has 0 spiro atoms. The molecule has 41 heavy (non-hydrogen) atoms. The number of hydrogen-bond acceptors (Lipinski definition) is 0. The molecule has 0 aliphatic heterocycles. The second-order valence-electron chi connectivity index (χ2n) is 11.0. The average molecular weight is 616 g/mol. The van der Waals surface area contributed by atoms with E-state index in [4.69, 9.17) is 0 Å². The second kappa shape index (κ2) is 20.1. The minimum Gasteiger partial charge on any atom is -0.0968 e. The molecule has 0 saturated heterocycles. The van der Waals surface area contributed by atoms with Crippen molar-refractivity contribution < 1.29 is 17.1 Å². The molecule has 0 heterocycles. The van der Waals surface area contributed by atoms with E-state index in [0.717, 1.165) is 11.3 Å². The summed E-state index contributed by atoms with van der Waals surface area (Å²) in [6.07, 6.45) is 32.1. The van der Waals surface area contributed by atoms with Crippen molar-refractivity contribution in [2.24, 2.45) is 0 Å². The molecular formula is C36H44B2FeP2+2. The third-order valence-electron chi connectivity index (χ3n) is 8.54. The van der Waals surface area contributed by atoms with Crippen LogP contribution in [-0.4, -0.2) is 33.8 Å². The van der Waals surface area contributed by atoms with Crippen LogP contribution in [0.4, 0.5) is 0 Å². The van der Waals surface area contributed by atoms with Crippen LogP contribution in [0.2, 0.25) is 0 Å². The van der Waals surface area contributed by atoms with Crippen LogP contribution in [0.3, 0.4) is 0 Å². The van der Waals surface area contributed by atoms with Crippen LogP contribution < -0.4 is 10.6 Å². The zero-order valence-corrected chi connectivity index (χ0v) is 27.5. The fraction of sp³-hybridized carbons (Fsp3) is 0.389. The number of rotatable bonds is 7. The zero-order valence-electron chi connectivity index (χ0n) is 24.6. The summed E-state index contributed by atoms with van der Waals surface area (Å²) in [5.41, 5.74) is 4.33. The molecule has 4 aliphatic carbocycles. The van der Waals surface area contributed by atoms with Gasteiger partial charge in [-0.2, -0.15) is 0 Å². The van der Waals surface area contributed by atoms with Gasteiger partial charge < -0.3 is 0 Å². The van der Waals surface area contributed by atoms with Gasteiger partial charge in [-0.05, 0) is 118 Å². The topological polar surface area (TPSA) is 0 Å². The van der Waals surface area contributed by atoms with Gasteiger partial charge in [0.15, 0.2) is 0 Å². The van der Waals surface area contributed by atoms with Crippen LogP contribution in [0.25, 0.3) is 0 Å². The molecule has 2 aromatic rings. The molecule has 0 N–H and O–H groups in total. The van der Waals surface area contributed by atoms with E-state index in [1.54, 1.807) is 11.6 Å². The Labute approximate surface area is 270 Å². The molecule has 4 saturated carbocycles. The monoisotopic (exact) mass is 616 g/mol. The Morgan fingerprint density at radius 1 is 0.561 bits per heavy atom. The minimum absolute atomic E-state index is 0. The smallest absolute Gasteiger partial charge is 0.0968 e. The molecule has 5 heteroatoms. The maximum Gasteiger partial charge on any atom is 2.00 e. The molecule has 0 amide bonds. The van der Waals surface area contributed by atoms with Gasteiger partial charge in [-0.1, -0.05) is 114 Å². The van der Waals surface area contributed by atoms with Crippen molar-refractivity contribution in [1.29, 1.82) is 0 Å². The van der Waals surface area contributed by atoms with E-state index in [0.29, 0.717) is 5.66 Å². The van der Waals surface area contributed by atoms with Gasteiger partial charge >= 0.3 is 17.1 Å². The summed E-state index contributed by atoms with van der Waals surface area (Å²) in [6.45, 7) is 2.62. The molecule has 0 nitrogen and oxygen atoms in total. The Hall–Kier alpha value is -0.0506. The molecule has 0 unspecified atom stereocenters. The molecule has 210 valence electrons. The Balaban J connectivity index is 0.000000667. The average Bonchev–Trinajstić information content (AvgIpc) is 3.72.